The average Bonchev–Trinajstić information content (AvgIpc) is 2.34. The molecule has 0 aliphatic heterocycles. The first-order valence-electron chi connectivity index (χ1n) is 5.57. The summed E-state index contributed by atoms with van der Waals surface area (Å²) in [5.74, 6) is 0.124. The van der Waals surface area contributed by atoms with Crippen molar-refractivity contribution >= 4 is 17.3 Å². The Bertz CT molecular complexity index is 528. The molecule has 2 aromatic rings. The highest BCUT2D eigenvalue weighted by atomic mass is 35.5. The molecule has 0 unspecified atom stereocenters. The van der Waals surface area contributed by atoms with E-state index in [1.807, 2.05) is 24.3 Å². The molecule has 0 bridgehead atoms. The number of anilines is 1. The average molecular weight is 266 g/mol. The Morgan fingerprint density at radius 2 is 1.83 bits per heavy atom. The van der Waals surface area contributed by atoms with E-state index >= 15 is 0 Å². The maximum atomic E-state index is 12.8. The molecule has 94 valence electrons. The highest BCUT2D eigenvalue weighted by molar-refractivity contribution is 6.32. The van der Waals surface area contributed by atoms with Crippen LogP contribution < -0.4 is 10.5 Å². The quantitative estimate of drug-likeness (QED) is 0.856. The Hall–Kier alpha value is -1.74. The van der Waals surface area contributed by atoms with Gasteiger partial charge in [0.15, 0.2) is 0 Å². The molecule has 0 aromatic heterocycles. The molecule has 0 heterocycles. The van der Waals surface area contributed by atoms with Crippen LogP contribution in [0.2, 0.25) is 5.02 Å². The third kappa shape index (κ3) is 3.37. The van der Waals surface area contributed by atoms with E-state index in [9.17, 15) is 4.39 Å². The highest BCUT2D eigenvalue weighted by Gasteiger charge is 2.03. The second-order valence-corrected chi connectivity index (χ2v) is 4.32. The van der Waals surface area contributed by atoms with Crippen molar-refractivity contribution < 1.29 is 9.13 Å². The Kier molecular flexibility index (Phi) is 4.05. The number of benzene rings is 2. The van der Waals surface area contributed by atoms with Crippen LogP contribution in [0.15, 0.2) is 42.5 Å². The number of nitrogens with two attached hydrogens (primary N) is 1. The first-order chi connectivity index (χ1) is 8.65. The molecule has 2 nitrogen and oxygen atoms in total. The van der Waals surface area contributed by atoms with Gasteiger partial charge in [-0.3, -0.25) is 0 Å². The molecule has 0 aliphatic carbocycles. The molecule has 2 aromatic carbocycles. The Labute approximate surface area is 110 Å². The van der Waals surface area contributed by atoms with E-state index < -0.39 is 0 Å². The van der Waals surface area contributed by atoms with Crippen LogP contribution in [0, 0.1) is 5.82 Å². The molecule has 0 fully saturated rings. The molecule has 0 saturated heterocycles. The molecule has 4 heteroatoms. The second-order valence-electron chi connectivity index (χ2n) is 3.91. The van der Waals surface area contributed by atoms with Crippen LogP contribution in [0.3, 0.4) is 0 Å². The number of hydrogen-bond donors (Lipinski definition) is 1. The molecule has 2 N–H and O–H groups in total. The van der Waals surface area contributed by atoms with Crippen LogP contribution in [0.1, 0.15) is 5.56 Å². The van der Waals surface area contributed by atoms with E-state index in [2.05, 4.69) is 0 Å². The topological polar surface area (TPSA) is 35.2 Å². The van der Waals surface area contributed by atoms with Crippen LogP contribution >= 0.6 is 11.6 Å². The van der Waals surface area contributed by atoms with Crippen molar-refractivity contribution in [1.82, 2.24) is 0 Å². The Balaban J connectivity index is 1.90. The van der Waals surface area contributed by atoms with Gasteiger partial charge in [-0.25, -0.2) is 4.39 Å². The summed E-state index contributed by atoms with van der Waals surface area (Å²) in [6.07, 6.45) is 0.744. The summed E-state index contributed by atoms with van der Waals surface area (Å²) < 4.78 is 18.3. The molecule has 0 radical (unpaired) electrons. The fourth-order valence-electron chi connectivity index (χ4n) is 1.56. The third-order valence-electron chi connectivity index (χ3n) is 2.52. The molecule has 18 heavy (non-hydrogen) atoms. The lowest BCUT2D eigenvalue weighted by Crippen LogP contribution is -2.02. The summed E-state index contributed by atoms with van der Waals surface area (Å²) >= 11 is 5.85. The van der Waals surface area contributed by atoms with Gasteiger partial charge >= 0.3 is 0 Å². The summed E-state index contributed by atoms with van der Waals surface area (Å²) in [4.78, 5) is 0. The van der Waals surface area contributed by atoms with E-state index in [0.717, 1.165) is 17.7 Å². The number of ether oxygens (including phenoxy) is 1. The molecule has 0 spiro atoms. The van der Waals surface area contributed by atoms with Crippen LogP contribution in [-0.2, 0) is 6.42 Å². The van der Waals surface area contributed by atoms with Gasteiger partial charge < -0.3 is 10.5 Å². The standard InChI is InChI=1S/C14H13ClFNO/c15-13-9-11(16)3-6-14(13)18-8-7-10-1-4-12(17)5-2-10/h1-6,9H,7-8,17H2. The zero-order valence-corrected chi connectivity index (χ0v) is 10.5. The SMILES string of the molecule is Nc1ccc(CCOc2ccc(F)cc2Cl)cc1. The number of rotatable bonds is 4. The first kappa shape index (κ1) is 12.7. The zero-order valence-electron chi connectivity index (χ0n) is 9.70. The number of nitrogen functional groups attached to an aromatic ring is 1. The van der Waals surface area contributed by atoms with Gasteiger partial charge in [-0.1, -0.05) is 23.7 Å². The van der Waals surface area contributed by atoms with Gasteiger partial charge in [-0.05, 0) is 35.9 Å². The van der Waals surface area contributed by atoms with Crippen molar-refractivity contribution in [3.05, 3.63) is 58.9 Å². The lowest BCUT2D eigenvalue weighted by atomic mass is 10.1. The van der Waals surface area contributed by atoms with Gasteiger partial charge in [0.25, 0.3) is 0 Å². The van der Waals surface area contributed by atoms with Crippen LogP contribution in [0.5, 0.6) is 5.75 Å². The molecule has 0 saturated carbocycles. The van der Waals surface area contributed by atoms with Gasteiger partial charge in [0.05, 0.1) is 11.6 Å². The van der Waals surface area contributed by atoms with Gasteiger partial charge in [-0.15, -0.1) is 0 Å². The first-order valence-corrected chi connectivity index (χ1v) is 5.95. The van der Waals surface area contributed by atoms with Crippen molar-refractivity contribution in [2.45, 2.75) is 6.42 Å². The monoisotopic (exact) mass is 265 g/mol. The Morgan fingerprint density at radius 1 is 1.11 bits per heavy atom. The molecular weight excluding hydrogens is 253 g/mol. The van der Waals surface area contributed by atoms with Crippen molar-refractivity contribution in [3.63, 3.8) is 0 Å². The van der Waals surface area contributed by atoms with E-state index in [0.29, 0.717) is 12.4 Å². The summed E-state index contributed by atoms with van der Waals surface area (Å²) in [7, 11) is 0. The van der Waals surface area contributed by atoms with Crippen LogP contribution in [0.25, 0.3) is 0 Å². The van der Waals surface area contributed by atoms with E-state index in [4.69, 9.17) is 22.1 Å². The molecule has 0 amide bonds. The number of halogens is 2. The smallest absolute Gasteiger partial charge is 0.138 e. The third-order valence-corrected chi connectivity index (χ3v) is 2.82. The zero-order chi connectivity index (χ0) is 13.0. The maximum absolute atomic E-state index is 12.8. The van der Waals surface area contributed by atoms with E-state index in [1.165, 1.54) is 18.2 Å². The minimum absolute atomic E-state index is 0.285. The van der Waals surface area contributed by atoms with E-state index in [-0.39, 0.29) is 10.8 Å². The molecule has 0 atom stereocenters. The van der Waals surface area contributed by atoms with Gasteiger partial charge in [0.1, 0.15) is 11.6 Å². The van der Waals surface area contributed by atoms with Crippen molar-refractivity contribution in [1.29, 1.82) is 0 Å². The fraction of sp³-hybridized carbons (Fsp3) is 0.143. The molecule has 0 aliphatic rings. The predicted molar refractivity (Wildman–Crippen MR) is 71.5 cm³/mol. The highest BCUT2D eigenvalue weighted by Crippen LogP contribution is 2.24. The lowest BCUT2D eigenvalue weighted by Gasteiger charge is -2.08. The molecular formula is C14H13ClFNO. The normalized spacial score (nSPS) is 10.3. The van der Waals surface area contributed by atoms with Crippen molar-refractivity contribution in [3.8, 4) is 5.75 Å². The summed E-state index contributed by atoms with van der Waals surface area (Å²) in [5, 5.41) is 0.285. The number of hydrogen-bond acceptors (Lipinski definition) is 2. The largest absolute Gasteiger partial charge is 0.492 e. The van der Waals surface area contributed by atoms with Crippen molar-refractivity contribution in [2.75, 3.05) is 12.3 Å². The van der Waals surface area contributed by atoms with Gasteiger partial charge in [0, 0.05) is 12.1 Å². The molecule has 2 rings (SSSR count). The summed E-state index contributed by atoms with van der Waals surface area (Å²) in [6, 6.07) is 11.7. The maximum Gasteiger partial charge on any atom is 0.138 e. The van der Waals surface area contributed by atoms with Gasteiger partial charge in [-0.2, -0.15) is 0 Å². The summed E-state index contributed by atoms with van der Waals surface area (Å²) in [5.41, 5.74) is 7.46. The second kappa shape index (κ2) is 5.74. The minimum atomic E-state index is -0.370. The van der Waals surface area contributed by atoms with Crippen molar-refractivity contribution in [2.24, 2.45) is 0 Å². The predicted octanol–water partition coefficient (Wildman–Crippen LogP) is 3.68. The van der Waals surface area contributed by atoms with Crippen LogP contribution in [-0.4, -0.2) is 6.61 Å². The van der Waals surface area contributed by atoms with Crippen LogP contribution in [0.4, 0.5) is 10.1 Å². The fourth-order valence-corrected chi connectivity index (χ4v) is 1.78. The minimum Gasteiger partial charge on any atom is -0.492 e. The van der Waals surface area contributed by atoms with E-state index in [1.54, 1.807) is 0 Å². The summed E-state index contributed by atoms with van der Waals surface area (Å²) in [6.45, 7) is 0.481. The van der Waals surface area contributed by atoms with Gasteiger partial charge in [0.2, 0.25) is 0 Å². The lowest BCUT2D eigenvalue weighted by molar-refractivity contribution is 0.321. The Morgan fingerprint density at radius 3 is 2.50 bits per heavy atom.